The molecule has 5 nitrogen and oxygen atoms in total. The van der Waals surface area contributed by atoms with Crippen LogP contribution in [-0.2, 0) is 16.0 Å². The topological polar surface area (TPSA) is 50.8 Å². The largest absolute Gasteiger partial charge is 0.497 e. The third kappa shape index (κ3) is 5.28. The van der Waals surface area contributed by atoms with Crippen molar-refractivity contribution >= 4 is 5.91 Å². The average Bonchev–Trinajstić information content (AvgIpc) is 2.71. The van der Waals surface area contributed by atoms with Crippen molar-refractivity contribution in [1.82, 2.24) is 10.2 Å². The lowest BCUT2D eigenvalue weighted by atomic mass is 10.0. The van der Waals surface area contributed by atoms with Gasteiger partial charge in [0.1, 0.15) is 11.6 Å². The van der Waals surface area contributed by atoms with Crippen LogP contribution in [-0.4, -0.2) is 50.8 Å². The van der Waals surface area contributed by atoms with E-state index in [0.717, 1.165) is 24.4 Å². The van der Waals surface area contributed by atoms with Crippen LogP contribution in [0, 0.1) is 5.82 Å². The lowest BCUT2D eigenvalue weighted by Gasteiger charge is -2.35. The van der Waals surface area contributed by atoms with Crippen molar-refractivity contribution in [3.05, 3.63) is 65.5 Å². The highest BCUT2D eigenvalue weighted by Crippen LogP contribution is 2.23. The van der Waals surface area contributed by atoms with E-state index < -0.39 is 0 Å². The van der Waals surface area contributed by atoms with Gasteiger partial charge in [-0.15, -0.1) is 0 Å². The fourth-order valence-corrected chi connectivity index (χ4v) is 3.26. The second kappa shape index (κ2) is 9.48. The number of rotatable bonds is 7. The first-order valence-electron chi connectivity index (χ1n) is 9.13. The van der Waals surface area contributed by atoms with E-state index in [4.69, 9.17) is 9.47 Å². The molecule has 1 fully saturated rings. The number of hydrogen-bond donors (Lipinski definition) is 1. The molecule has 1 unspecified atom stereocenters. The molecule has 0 radical (unpaired) electrons. The molecule has 0 bridgehead atoms. The van der Waals surface area contributed by atoms with E-state index in [1.54, 1.807) is 25.3 Å². The molecule has 1 heterocycles. The smallest absolute Gasteiger partial charge is 0.224 e. The Morgan fingerprint density at radius 2 is 1.89 bits per heavy atom. The van der Waals surface area contributed by atoms with Crippen molar-refractivity contribution < 1.29 is 18.7 Å². The summed E-state index contributed by atoms with van der Waals surface area (Å²) in [4.78, 5) is 14.6. The molecule has 1 aliphatic heterocycles. The standard InChI is InChI=1S/C21H25FN2O3/c1-26-18-8-6-16(7-9-18)20(24-10-12-27-13-11-24)15-23-21(25)14-17-4-2-3-5-19(17)22/h2-9,20H,10-15H2,1H3,(H,23,25). The molecule has 0 spiro atoms. The third-order valence-corrected chi connectivity index (χ3v) is 4.79. The number of benzene rings is 2. The Hall–Kier alpha value is -2.44. The number of methoxy groups -OCH3 is 1. The number of halogens is 1. The molecule has 144 valence electrons. The van der Waals surface area contributed by atoms with E-state index in [1.165, 1.54) is 6.07 Å². The number of morpholine rings is 1. The van der Waals surface area contributed by atoms with E-state index in [1.807, 2.05) is 24.3 Å². The Morgan fingerprint density at radius 3 is 2.56 bits per heavy atom. The average molecular weight is 372 g/mol. The summed E-state index contributed by atoms with van der Waals surface area (Å²) in [7, 11) is 1.64. The van der Waals surface area contributed by atoms with E-state index in [0.29, 0.717) is 25.3 Å². The summed E-state index contributed by atoms with van der Waals surface area (Å²) in [6, 6.07) is 14.3. The summed E-state index contributed by atoms with van der Waals surface area (Å²) >= 11 is 0. The number of ether oxygens (including phenoxy) is 2. The fraction of sp³-hybridized carbons (Fsp3) is 0.381. The van der Waals surface area contributed by atoms with Gasteiger partial charge in [0.05, 0.1) is 32.8 Å². The molecule has 2 aromatic carbocycles. The second-order valence-electron chi connectivity index (χ2n) is 6.51. The molecule has 1 N–H and O–H groups in total. The van der Waals surface area contributed by atoms with Crippen LogP contribution in [0.25, 0.3) is 0 Å². The van der Waals surface area contributed by atoms with Gasteiger partial charge in [0.15, 0.2) is 0 Å². The molecule has 6 heteroatoms. The van der Waals surface area contributed by atoms with E-state index >= 15 is 0 Å². The summed E-state index contributed by atoms with van der Waals surface area (Å²) < 4.78 is 24.4. The summed E-state index contributed by atoms with van der Waals surface area (Å²) in [6.07, 6.45) is 0.0329. The first-order chi connectivity index (χ1) is 13.2. The Kier molecular flexibility index (Phi) is 6.79. The summed E-state index contributed by atoms with van der Waals surface area (Å²) in [5.41, 5.74) is 1.51. The van der Waals surface area contributed by atoms with Gasteiger partial charge in [-0.2, -0.15) is 0 Å². The Morgan fingerprint density at radius 1 is 1.19 bits per heavy atom. The van der Waals surface area contributed by atoms with Crippen molar-refractivity contribution in [2.75, 3.05) is 40.0 Å². The molecule has 1 atom stereocenters. The van der Waals surface area contributed by atoms with Crippen molar-refractivity contribution in [2.45, 2.75) is 12.5 Å². The fourth-order valence-electron chi connectivity index (χ4n) is 3.26. The maximum atomic E-state index is 13.8. The quantitative estimate of drug-likeness (QED) is 0.812. The molecular formula is C21H25FN2O3. The monoisotopic (exact) mass is 372 g/mol. The van der Waals surface area contributed by atoms with Gasteiger partial charge in [0, 0.05) is 19.6 Å². The molecule has 0 saturated carbocycles. The van der Waals surface area contributed by atoms with Crippen molar-refractivity contribution in [1.29, 1.82) is 0 Å². The van der Waals surface area contributed by atoms with Crippen LogP contribution in [0.4, 0.5) is 4.39 Å². The van der Waals surface area contributed by atoms with Crippen LogP contribution in [0.15, 0.2) is 48.5 Å². The molecule has 1 aliphatic rings. The maximum absolute atomic E-state index is 13.8. The van der Waals surface area contributed by atoms with Gasteiger partial charge in [0.25, 0.3) is 0 Å². The predicted molar refractivity (Wildman–Crippen MR) is 101 cm³/mol. The normalized spacial score (nSPS) is 15.9. The summed E-state index contributed by atoms with van der Waals surface area (Å²) in [5, 5.41) is 2.96. The van der Waals surface area contributed by atoms with Gasteiger partial charge < -0.3 is 14.8 Å². The van der Waals surface area contributed by atoms with Gasteiger partial charge in [0.2, 0.25) is 5.91 Å². The van der Waals surface area contributed by atoms with Crippen LogP contribution in [0.1, 0.15) is 17.2 Å². The predicted octanol–water partition coefficient (Wildman–Crippen LogP) is 2.57. The number of amides is 1. The summed E-state index contributed by atoms with van der Waals surface area (Å²) in [5.74, 6) is 0.252. The van der Waals surface area contributed by atoms with Crippen molar-refractivity contribution in [3.8, 4) is 5.75 Å². The molecular weight excluding hydrogens is 347 g/mol. The summed E-state index contributed by atoms with van der Waals surface area (Å²) in [6.45, 7) is 3.42. The molecule has 2 aromatic rings. The maximum Gasteiger partial charge on any atom is 0.224 e. The molecule has 1 saturated heterocycles. The van der Waals surface area contributed by atoms with E-state index in [9.17, 15) is 9.18 Å². The first kappa shape index (κ1) is 19.3. The van der Waals surface area contributed by atoms with Crippen molar-refractivity contribution in [2.24, 2.45) is 0 Å². The molecule has 1 amide bonds. The lowest BCUT2D eigenvalue weighted by Crippen LogP contribution is -2.44. The Bertz CT molecular complexity index is 745. The number of carbonyl (C=O) groups excluding carboxylic acids is 1. The molecule has 27 heavy (non-hydrogen) atoms. The minimum absolute atomic E-state index is 0.0318. The third-order valence-electron chi connectivity index (χ3n) is 4.79. The molecule has 3 rings (SSSR count). The van der Waals surface area contributed by atoms with E-state index in [2.05, 4.69) is 10.2 Å². The highest BCUT2D eigenvalue weighted by molar-refractivity contribution is 5.78. The van der Waals surface area contributed by atoms with Gasteiger partial charge in [-0.1, -0.05) is 30.3 Å². The Balaban J connectivity index is 1.67. The van der Waals surface area contributed by atoms with E-state index in [-0.39, 0.29) is 24.2 Å². The van der Waals surface area contributed by atoms with Gasteiger partial charge >= 0.3 is 0 Å². The van der Waals surface area contributed by atoms with Gasteiger partial charge in [-0.25, -0.2) is 4.39 Å². The number of carbonyl (C=O) groups is 1. The first-order valence-corrected chi connectivity index (χ1v) is 9.13. The Labute approximate surface area is 159 Å². The highest BCUT2D eigenvalue weighted by Gasteiger charge is 2.23. The van der Waals surface area contributed by atoms with Crippen LogP contribution in [0.5, 0.6) is 5.75 Å². The SMILES string of the molecule is COc1ccc(C(CNC(=O)Cc2ccccc2F)N2CCOCC2)cc1. The lowest BCUT2D eigenvalue weighted by molar-refractivity contribution is -0.120. The molecule has 0 aromatic heterocycles. The zero-order valence-corrected chi connectivity index (χ0v) is 15.5. The van der Waals surface area contributed by atoms with Crippen LogP contribution >= 0.6 is 0 Å². The minimum Gasteiger partial charge on any atom is -0.497 e. The van der Waals surface area contributed by atoms with Gasteiger partial charge in [-0.05, 0) is 29.3 Å². The number of nitrogens with zero attached hydrogens (tertiary/aromatic N) is 1. The van der Waals surface area contributed by atoms with Gasteiger partial charge in [-0.3, -0.25) is 9.69 Å². The number of hydrogen-bond acceptors (Lipinski definition) is 4. The highest BCUT2D eigenvalue weighted by atomic mass is 19.1. The van der Waals surface area contributed by atoms with Crippen LogP contribution < -0.4 is 10.1 Å². The molecule has 0 aliphatic carbocycles. The van der Waals surface area contributed by atoms with Crippen LogP contribution in [0.3, 0.4) is 0 Å². The van der Waals surface area contributed by atoms with Crippen molar-refractivity contribution in [3.63, 3.8) is 0 Å². The number of nitrogens with one attached hydrogen (secondary N) is 1. The minimum atomic E-state index is -0.354. The zero-order valence-electron chi connectivity index (χ0n) is 15.5. The second-order valence-corrected chi connectivity index (χ2v) is 6.51. The van der Waals surface area contributed by atoms with Crippen LogP contribution in [0.2, 0.25) is 0 Å². The zero-order chi connectivity index (χ0) is 19.1.